The molecule has 11 heavy (non-hydrogen) atoms. The van der Waals surface area contributed by atoms with Crippen LogP contribution in [0.25, 0.3) is 0 Å². The molecule has 0 spiro atoms. The first-order valence-electron chi connectivity index (χ1n) is 4.09. The lowest BCUT2D eigenvalue weighted by Crippen LogP contribution is -2.37. The summed E-state index contributed by atoms with van der Waals surface area (Å²) >= 11 is 0. The zero-order valence-corrected chi connectivity index (χ0v) is 6.27. The molecule has 0 saturated heterocycles. The molecule has 3 aliphatic carbocycles. The van der Waals surface area contributed by atoms with Crippen molar-refractivity contribution in [2.45, 2.75) is 25.3 Å². The third-order valence-corrected chi connectivity index (χ3v) is 2.81. The van der Waals surface area contributed by atoms with E-state index in [1.54, 1.807) is 0 Å². The van der Waals surface area contributed by atoms with Gasteiger partial charge in [-0.15, -0.1) is 0 Å². The number of allylic oxidation sites excluding steroid dienone is 1. The molecule has 0 N–H and O–H groups in total. The Labute approximate surface area is 65.2 Å². The molecule has 3 rings (SSSR count). The van der Waals surface area contributed by atoms with E-state index in [-0.39, 0.29) is 16.9 Å². The van der Waals surface area contributed by atoms with Crippen LogP contribution in [-0.4, -0.2) is 11.0 Å². The van der Waals surface area contributed by atoms with E-state index in [2.05, 4.69) is 6.08 Å². The molecule has 0 aliphatic heterocycles. The lowest BCUT2D eigenvalue weighted by Gasteiger charge is -2.32. The molecule has 3 atom stereocenters. The van der Waals surface area contributed by atoms with Gasteiger partial charge in [0.25, 0.3) is 0 Å². The number of nitrogens with zero attached hydrogens (tertiary/aromatic N) is 1. The largest absolute Gasteiger partial charge is 0.264 e. The molecule has 1 saturated carbocycles. The Balaban J connectivity index is 2.17. The first-order chi connectivity index (χ1) is 5.27. The number of hydrogen-bond donors (Lipinski definition) is 0. The summed E-state index contributed by atoms with van der Waals surface area (Å²) in [5.74, 6) is 0.727. The fraction of sp³-hybridized carbons (Fsp3) is 0.750. The smallest absolute Gasteiger partial charge is 0.219 e. The Hall–Kier alpha value is -0.860. The van der Waals surface area contributed by atoms with Crippen LogP contribution in [-0.2, 0) is 0 Å². The molecule has 0 unspecified atom stereocenters. The van der Waals surface area contributed by atoms with Gasteiger partial charge in [-0.25, -0.2) is 0 Å². The van der Waals surface area contributed by atoms with Crippen LogP contribution in [0.2, 0.25) is 0 Å². The minimum atomic E-state index is -0.279. The Kier molecular flexibility index (Phi) is 1.44. The SMILES string of the molecule is O=[N+]([O-])[C@@H]1C[C@H]2C=C[C@@H]1CC2. The summed E-state index contributed by atoms with van der Waals surface area (Å²) in [6.45, 7) is 0. The van der Waals surface area contributed by atoms with E-state index >= 15 is 0 Å². The van der Waals surface area contributed by atoms with E-state index in [9.17, 15) is 10.1 Å². The minimum Gasteiger partial charge on any atom is -0.264 e. The third kappa shape index (κ3) is 1.04. The molecule has 0 heterocycles. The fourth-order valence-corrected chi connectivity index (χ4v) is 2.14. The normalized spacial score (nSPS) is 40.9. The molecule has 1 fully saturated rings. The summed E-state index contributed by atoms with van der Waals surface area (Å²) in [5, 5.41) is 10.5. The van der Waals surface area contributed by atoms with Gasteiger partial charge in [0.2, 0.25) is 6.04 Å². The summed E-state index contributed by atoms with van der Waals surface area (Å²) in [6, 6.07) is -0.279. The van der Waals surface area contributed by atoms with Crippen LogP contribution in [0.5, 0.6) is 0 Å². The molecule has 2 bridgehead atoms. The molecule has 0 amide bonds. The average Bonchev–Trinajstić information content (AvgIpc) is 2.06. The number of hydrogen-bond acceptors (Lipinski definition) is 2. The molecule has 3 aliphatic rings. The average molecular weight is 153 g/mol. The maximum atomic E-state index is 10.5. The first-order valence-corrected chi connectivity index (χ1v) is 4.09. The fourth-order valence-electron chi connectivity index (χ4n) is 2.14. The number of fused-ring (bicyclic) bond motifs is 2. The van der Waals surface area contributed by atoms with Gasteiger partial charge in [0.1, 0.15) is 0 Å². The molecular weight excluding hydrogens is 142 g/mol. The predicted molar refractivity (Wildman–Crippen MR) is 40.8 cm³/mol. The van der Waals surface area contributed by atoms with Crippen molar-refractivity contribution in [2.24, 2.45) is 11.8 Å². The van der Waals surface area contributed by atoms with Crippen molar-refractivity contribution in [1.82, 2.24) is 0 Å². The third-order valence-electron chi connectivity index (χ3n) is 2.81. The number of nitro groups is 1. The molecule has 0 aromatic rings. The van der Waals surface area contributed by atoms with Gasteiger partial charge in [-0.05, 0) is 18.8 Å². The number of rotatable bonds is 1. The molecule has 0 radical (unpaired) electrons. The van der Waals surface area contributed by atoms with Crippen LogP contribution in [0.1, 0.15) is 19.3 Å². The van der Waals surface area contributed by atoms with Crippen LogP contribution in [0.4, 0.5) is 0 Å². The minimum absolute atomic E-state index is 0.111. The highest BCUT2D eigenvalue weighted by atomic mass is 16.6. The van der Waals surface area contributed by atoms with Crippen molar-refractivity contribution in [3.05, 3.63) is 22.3 Å². The van der Waals surface area contributed by atoms with Gasteiger partial charge >= 0.3 is 0 Å². The van der Waals surface area contributed by atoms with Crippen LogP contribution < -0.4 is 0 Å². The Bertz CT molecular complexity index is 212. The zero-order valence-electron chi connectivity index (χ0n) is 6.27. The Morgan fingerprint density at radius 3 is 2.45 bits per heavy atom. The van der Waals surface area contributed by atoms with Crippen LogP contribution >= 0.6 is 0 Å². The van der Waals surface area contributed by atoms with E-state index in [1.807, 2.05) is 6.08 Å². The lowest BCUT2D eigenvalue weighted by molar-refractivity contribution is -0.535. The van der Waals surface area contributed by atoms with E-state index in [0.29, 0.717) is 5.92 Å². The van der Waals surface area contributed by atoms with E-state index in [0.717, 1.165) is 19.3 Å². The highest BCUT2D eigenvalue weighted by Crippen LogP contribution is 2.37. The van der Waals surface area contributed by atoms with Gasteiger partial charge < -0.3 is 0 Å². The monoisotopic (exact) mass is 153 g/mol. The van der Waals surface area contributed by atoms with E-state index < -0.39 is 0 Å². The highest BCUT2D eigenvalue weighted by molar-refractivity contribution is 5.06. The summed E-state index contributed by atoms with van der Waals surface area (Å²) in [5.41, 5.74) is 0. The van der Waals surface area contributed by atoms with Crippen molar-refractivity contribution in [1.29, 1.82) is 0 Å². The van der Waals surface area contributed by atoms with Gasteiger partial charge in [0.05, 0.1) is 0 Å². The Morgan fingerprint density at radius 2 is 2.18 bits per heavy atom. The quantitative estimate of drug-likeness (QED) is 0.326. The standard InChI is InChI=1S/C8H11NO2/c10-9(11)8-5-6-1-3-7(8)4-2-6/h1,3,6-8H,2,4-5H2/t6-,7+,8+/m0/s1. The topological polar surface area (TPSA) is 43.1 Å². The van der Waals surface area contributed by atoms with Crippen molar-refractivity contribution in [3.63, 3.8) is 0 Å². The molecule has 0 aromatic carbocycles. The van der Waals surface area contributed by atoms with E-state index in [4.69, 9.17) is 0 Å². The van der Waals surface area contributed by atoms with Gasteiger partial charge in [-0.3, -0.25) is 10.1 Å². The molecule has 3 heteroatoms. The molecular formula is C8H11NO2. The first kappa shape index (κ1) is 6.83. The maximum absolute atomic E-state index is 10.5. The second-order valence-electron chi connectivity index (χ2n) is 3.47. The van der Waals surface area contributed by atoms with Crippen molar-refractivity contribution in [2.75, 3.05) is 0 Å². The summed E-state index contributed by atoms with van der Waals surface area (Å²) in [6.07, 6.45) is 7.13. The predicted octanol–water partition coefficient (Wildman–Crippen LogP) is 1.62. The Morgan fingerprint density at radius 1 is 1.36 bits per heavy atom. The van der Waals surface area contributed by atoms with Gasteiger partial charge in [-0.1, -0.05) is 12.2 Å². The van der Waals surface area contributed by atoms with Crippen molar-refractivity contribution in [3.8, 4) is 0 Å². The van der Waals surface area contributed by atoms with Crippen molar-refractivity contribution >= 4 is 0 Å². The second-order valence-corrected chi connectivity index (χ2v) is 3.47. The second kappa shape index (κ2) is 2.32. The van der Waals surface area contributed by atoms with Gasteiger partial charge in [-0.2, -0.15) is 0 Å². The molecule has 3 nitrogen and oxygen atoms in total. The maximum Gasteiger partial charge on any atom is 0.219 e. The summed E-state index contributed by atoms with van der Waals surface area (Å²) in [7, 11) is 0. The molecule has 0 aromatic heterocycles. The van der Waals surface area contributed by atoms with Gasteiger partial charge in [0, 0.05) is 17.3 Å². The van der Waals surface area contributed by atoms with Crippen LogP contribution in [0.15, 0.2) is 12.2 Å². The van der Waals surface area contributed by atoms with Crippen LogP contribution in [0.3, 0.4) is 0 Å². The summed E-state index contributed by atoms with van der Waals surface area (Å²) < 4.78 is 0. The highest BCUT2D eigenvalue weighted by Gasteiger charge is 2.39. The van der Waals surface area contributed by atoms with E-state index in [1.165, 1.54) is 0 Å². The van der Waals surface area contributed by atoms with Crippen LogP contribution in [0, 0.1) is 22.0 Å². The molecule has 60 valence electrons. The van der Waals surface area contributed by atoms with Gasteiger partial charge in [0.15, 0.2) is 0 Å². The summed E-state index contributed by atoms with van der Waals surface area (Å²) in [4.78, 5) is 10.4. The lowest BCUT2D eigenvalue weighted by atomic mass is 9.73. The zero-order chi connectivity index (χ0) is 7.84. The van der Waals surface area contributed by atoms with Crippen molar-refractivity contribution < 1.29 is 4.92 Å².